The molecule has 0 bridgehead atoms. The van der Waals surface area contributed by atoms with Gasteiger partial charge in [0.1, 0.15) is 12.2 Å². The van der Waals surface area contributed by atoms with E-state index in [-0.39, 0.29) is 18.1 Å². The van der Waals surface area contributed by atoms with Crippen LogP contribution in [0, 0.1) is 6.92 Å². The van der Waals surface area contributed by atoms with Gasteiger partial charge >= 0.3 is 0 Å². The summed E-state index contributed by atoms with van der Waals surface area (Å²) < 4.78 is 11.4. The Kier molecular flexibility index (Phi) is 7.25. The van der Waals surface area contributed by atoms with Crippen molar-refractivity contribution >= 4 is 11.6 Å². The summed E-state index contributed by atoms with van der Waals surface area (Å²) in [6.07, 6.45) is 0. The Labute approximate surface area is 162 Å². The van der Waals surface area contributed by atoms with Crippen molar-refractivity contribution in [3.8, 4) is 11.5 Å². The fourth-order valence-electron chi connectivity index (χ4n) is 2.60. The molecule has 0 radical (unpaired) electrons. The van der Waals surface area contributed by atoms with E-state index in [9.17, 15) is 4.79 Å². The van der Waals surface area contributed by atoms with Crippen molar-refractivity contribution in [2.24, 2.45) is 0 Å². The average Bonchev–Trinajstić information content (AvgIpc) is 2.59. The van der Waals surface area contributed by atoms with Crippen molar-refractivity contribution in [1.29, 1.82) is 0 Å². The number of amides is 1. The van der Waals surface area contributed by atoms with Crippen LogP contribution in [0.3, 0.4) is 0 Å². The van der Waals surface area contributed by atoms with Gasteiger partial charge < -0.3 is 20.1 Å². The molecule has 3 N–H and O–H groups in total. The second-order valence-corrected chi connectivity index (χ2v) is 7.62. The van der Waals surface area contributed by atoms with E-state index in [4.69, 9.17) is 9.47 Å². The van der Waals surface area contributed by atoms with Crippen molar-refractivity contribution in [2.75, 3.05) is 13.2 Å². The van der Waals surface area contributed by atoms with E-state index < -0.39 is 0 Å². The second kappa shape index (κ2) is 9.42. The van der Waals surface area contributed by atoms with E-state index in [1.165, 1.54) is 11.3 Å². The van der Waals surface area contributed by atoms with Gasteiger partial charge in [-0.2, -0.15) is 0 Å². The molecule has 0 aliphatic heterocycles. The van der Waals surface area contributed by atoms with Gasteiger partial charge in [-0.1, -0.05) is 17.7 Å². The maximum absolute atomic E-state index is 12.0. The summed E-state index contributed by atoms with van der Waals surface area (Å²) in [6, 6.07) is 14.3. The van der Waals surface area contributed by atoms with Crippen LogP contribution in [0.15, 0.2) is 42.5 Å². The molecule has 0 heterocycles. The van der Waals surface area contributed by atoms with Crippen LogP contribution < -0.4 is 20.1 Å². The lowest BCUT2D eigenvalue weighted by atomic mass is 10.1. The third-order valence-electron chi connectivity index (χ3n) is 3.83. The van der Waals surface area contributed by atoms with E-state index in [2.05, 4.69) is 41.8 Å². The molecule has 146 valence electrons. The Hall–Kier alpha value is -2.53. The molecule has 27 heavy (non-hydrogen) atoms. The number of carbonyl (C=O) groups is 1. The molecule has 5 heteroatoms. The van der Waals surface area contributed by atoms with Gasteiger partial charge in [-0.05, 0) is 65.0 Å². The molecule has 2 aromatic rings. The fraction of sp³-hybridized carbons (Fsp3) is 0.409. The van der Waals surface area contributed by atoms with Gasteiger partial charge in [0.15, 0.2) is 18.1 Å². The first-order chi connectivity index (χ1) is 12.8. The number of rotatable bonds is 8. The van der Waals surface area contributed by atoms with Crippen LogP contribution in [-0.2, 0) is 11.3 Å². The third-order valence-corrected chi connectivity index (χ3v) is 3.83. The highest BCUT2D eigenvalue weighted by atomic mass is 16.5. The van der Waals surface area contributed by atoms with Crippen LogP contribution in [0.5, 0.6) is 11.5 Å². The maximum Gasteiger partial charge on any atom is 0.258 e. The number of nitrogens with two attached hydrogens (primary N) is 1. The molecule has 2 aromatic carbocycles. The highest BCUT2D eigenvalue weighted by Gasteiger charge is 2.15. The zero-order valence-corrected chi connectivity index (χ0v) is 17.0. The number of aryl methyl sites for hydroxylation is 1. The minimum absolute atomic E-state index is 0.0355. The molecule has 0 saturated heterocycles. The van der Waals surface area contributed by atoms with Crippen LogP contribution in [0.2, 0.25) is 0 Å². The highest BCUT2D eigenvalue weighted by molar-refractivity contribution is 5.78. The first-order valence-electron chi connectivity index (χ1n) is 9.36. The molecular formula is C22H31N2O3+. The summed E-state index contributed by atoms with van der Waals surface area (Å²) in [5, 5.41) is 5.07. The van der Waals surface area contributed by atoms with E-state index in [1.54, 1.807) is 0 Å². The second-order valence-electron chi connectivity index (χ2n) is 7.62. The molecule has 1 amide bonds. The molecule has 0 saturated carbocycles. The van der Waals surface area contributed by atoms with Crippen LogP contribution in [0.1, 0.15) is 38.8 Å². The van der Waals surface area contributed by atoms with Crippen LogP contribution in [-0.4, -0.2) is 24.7 Å². The lowest BCUT2D eigenvalue weighted by Crippen LogP contribution is -2.76. The van der Waals surface area contributed by atoms with E-state index in [1.807, 2.05) is 45.9 Å². The Morgan fingerprint density at radius 1 is 1.04 bits per heavy atom. The lowest BCUT2D eigenvalue weighted by Gasteiger charge is -2.20. The molecule has 0 aromatic heterocycles. The van der Waals surface area contributed by atoms with E-state index >= 15 is 0 Å². The number of benzene rings is 2. The van der Waals surface area contributed by atoms with Crippen LogP contribution in [0.4, 0.5) is 5.69 Å². The largest absolute Gasteiger partial charge is 0.490 e. The molecule has 0 aliphatic rings. The summed E-state index contributed by atoms with van der Waals surface area (Å²) in [6.45, 7) is 11.1. The highest BCUT2D eigenvalue weighted by Crippen LogP contribution is 2.28. The Balaban J connectivity index is 2.00. The Morgan fingerprint density at radius 2 is 1.74 bits per heavy atom. The van der Waals surface area contributed by atoms with Gasteiger partial charge in [-0.15, -0.1) is 0 Å². The van der Waals surface area contributed by atoms with Gasteiger partial charge in [0.25, 0.3) is 5.91 Å². The number of carbonyl (C=O) groups excluding carboxylic acids is 1. The SMILES string of the molecule is CCOc1cc(C[NH2+]c2ccc(C)cc2)ccc1OCC(=O)NC(C)(C)C. The van der Waals surface area contributed by atoms with Crippen LogP contribution in [0.25, 0.3) is 0 Å². The monoisotopic (exact) mass is 371 g/mol. The topological polar surface area (TPSA) is 64.2 Å². The van der Waals surface area contributed by atoms with Crippen molar-refractivity contribution in [3.05, 3.63) is 53.6 Å². The Morgan fingerprint density at radius 3 is 2.37 bits per heavy atom. The van der Waals surface area contributed by atoms with Gasteiger partial charge in [0, 0.05) is 11.1 Å². The summed E-state index contributed by atoms with van der Waals surface area (Å²) in [7, 11) is 0. The molecule has 5 nitrogen and oxygen atoms in total. The first kappa shape index (κ1) is 20.8. The molecule has 0 spiro atoms. The van der Waals surface area contributed by atoms with Gasteiger partial charge in [0.05, 0.1) is 6.61 Å². The van der Waals surface area contributed by atoms with E-state index in [0.29, 0.717) is 18.1 Å². The summed E-state index contributed by atoms with van der Waals surface area (Å²) >= 11 is 0. The summed E-state index contributed by atoms with van der Waals surface area (Å²) in [5.74, 6) is 1.09. The third kappa shape index (κ3) is 7.31. The molecular weight excluding hydrogens is 340 g/mol. The van der Waals surface area contributed by atoms with Gasteiger partial charge in [-0.25, -0.2) is 0 Å². The minimum atomic E-state index is -0.279. The van der Waals surface area contributed by atoms with Crippen molar-refractivity contribution in [1.82, 2.24) is 5.32 Å². The van der Waals surface area contributed by atoms with E-state index in [0.717, 1.165) is 12.1 Å². The zero-order valence-electron chi connectivity index (χ0n) is 17.0. The standard InChI is InChI=1S/C22H30N2O3/c1-6-26-20-13-17(14-23-18-10-7-16(2)8-11-18)9-12-19(20)27-15-21(25)24-22(3,4)5/h7-13,23H,6,14-15H2,1-5H3,(H,24,25)/p+1. The number of hydrogen-bond donors (Lipinski definition) is 2. The average molecular weight is 372 g/mol. The van der Waals surface area contributed by atoms with Crippen molar-refractivity contribution < 1.29 is 19.6 Å². The predicted octanol–water partition coefficient (Wildman–Crippen LogP) is 3.08. The quantitative estimate of drug-likeness (QED) is 0.701. The lowest BCUT2D eigenvalue weighted by molar-refractivity contribution is -0.588. The number of nitrogens with one attached hydrogen (secondary N) is 1. The molecule has 0 unspecified atom stereocenters. The summed E-state index contributed by atoms with van der Waals surface area (Å²) in [4.78, 5) is 12.0. The summed E-state index contributed by atoms with van der Waals surface area (Å²) in [5.41, 5.74) is 3.30. The van der Waals surface area contributed by atoms with Gasteiger partial charge in [-0.3, -0.25) is 4.79 Å². The van der Waals surface area contributed by atoms with Crippen molar-refractivity contribution in [3.63, 3.8) is 0 Å². The maximum atomic E-state index is 12.0. The minimum Gasteiger partial charge on any atom is -0.490 e. The predicted molar refractivity (Wildman–Crippen MR) is 107 cm³/mol. The number of ether oxygens (including phenoxy) is 2. The molecule has 2 rings (SSSR count). The normalized spacial score (nSPS) is 11.1. The zero-order chi connectivity index (χ0) is 19.9. The Bertz CT molecular complexity index is 749. The molecule has 0 fully saturated rings. The van der Waals surface area contributed by atoms with Crippen molar-refractivity contribution in [2.45, 2.75) is 46.7 Å². The first-order valence-corrected chi connectivity index (χ1v) is 9.36. The van der Waals surface area contributed by atoms with Gasteiger partial charge in [0.2, 0.25) is 0 Å². The molecule has 0 atom stereocenters. The fourth-order valence-corrected chi connectivity index (χ4v) is 2.60. The number of hydrogen-bond acceptors (Lipinski definition) is 3. The van der Waals surface area contributed by atoms with Crippen LogP contribution >= 0.6 is 0 Å². The molecule has 0 aliphatic carbocycles. The smallest absolute Gasteiger partial charge is 0.258 e. The number of quaternary nitrogens is 1.